The second kappa shape index (κ2) is 5.16. The van der Waals surface area contributed by atoms with Gasteiger partial charge in [-0.25, -0.2) is 15.0 Å². The summed E-state index contributed by atoms with van der Waals surface area (Å²) in [7, 11) is 0. The van der Waals surface area contributed by atoms with Gasteiger partial charge in [0.05, 0.1) is 5.69 Å². The molecule has 2 aromatic heterocycles. The molecular formula is C13H19N5. The van der Waals surface area contributed by atoms with E-state index in [1.807, 2.05) is 17.8 Å². The van der Waals surface area contributed by atoms with Crippen molar-refractivity contribution < 1.29 is 0 Å². The van der Waals surface area contributed by atoms with Gasteiger partial charge in [0, 0.05) is 17.8 Å². The highest BCUT2D eigenvalue weighted by Crippen LogP contribution is 2.21. The summed E-state index contributed by atoms with van der Waals surface area (Å²) in [6.45, 7) is 9.09. The van der Waals surface area contributed by atoms with Crippen LogP contribution in [0.15, 0.2) is 12.7 Å². The third-order valence-electron chi connectivity index (χ3n) is 3.10. The van der Waals surface area contributed by atoms with Crippen molar-refractivity contribution in [1.29, 1.82) is 0 Å². The van der Waals surface area contributed by atoms with Crippen LogP contribution in [0, 0.1) is 13.8 Å². The quantitative estimate of drug-likeness (QED) is 0.897. The van der Waals surface area contributed by atoms with Crippen molar-refractivity contribution in [3.63, 3.8) is 0 Å². The van der Waals surface area contributed by atoms with Crippen LogP contribution in [0.4, 0.5) is 5.82 Å². The third-order valence-corrected chi connectivity index (χ3v) is 3.10. The Balaban J connectivity index is 2.57. The van der Waals surface area contributed by atoms with Crippen LogP contribution in [0.25, 0.3) is 5.82 Å². The predicted molar refractivity (Wildman–Crippen MR) is 72.2 cm³/mol. The Morgan fingerprint density at radius 1 is 1.17 bits per heavy atom. The van der Waals surface area contributed by atoms with E-state index in [1.165, 1.54) is 0 Å². The summed E-state index contributed by atoms with van der Waals surface area (Å²) in [4.78, 5) is 13.0. The smallest absolute Gasteiger partial charge is 0.146 e. The second-order valence-electron chi connectivity index (χ2n) is 4.19. The molecule has 0 saturated carbocycles. The van der Waals surface area contributed by atoms with Gasteiger partial charge in [-0.3, -0.25) is 4.57 Å². The Morgan fingerprint density at radius 2 is 1.94 bits per heavy atom. The lowest BCUT2D eigenvalue weighted by atomic mass is 10.2. The van der Waals surface area contributed by atoms with E-state index in [4.69, 9.17) is 0 Å². The molecule has 0 unspecified atom stereocenters. The minimum absolute atomic E-state index is 0.853. The molecule has 0 saturated heterocycles. The van der Waals surface area contributed by atoms with Gasteiger partial charge in [-0.1, -0.05) is 6.92 Å². The highest BCUT2D eigenvalue weighted by molar-refractivity contribution is 5.52. The number of rotatable bonds is 4. The Labute approximate surface area is 107 Å². The van der Waals surface area contributed by atoms with Crippen molar-refractivity contribution in [2.75, 3.05) is 11.9 Å². The fraction of sp³-hybridized carbons (Fsp3) is 0.462. The fourth-order valence-electron chi connectivity index (χ4n) is 1.97. The van der Waals surface area contributed by atoms with Crippen molar-refractivity contribution in [3.8, 4) is 5.82 Å². The van der Waals surface area contributed by atoms with Crippen LogP contribution in [0.1, 0.15) is 30.8 Å². The summed E-state index contributed by atoms with van der Waals surface area (Å²) < 4.78 is 2.02. The van der Waals surface area contributed by atoms with Crippen LogP contribution in [0.3, 0.4) is 0 Å². The average Bonchev–Trinajstić information content (AvgIpc) is 2.70. The minimum Gasteiger partial charge on any atom is -0.370 e. The van der Waals surface area contributed by atoms with Crippen LogP contribution >= 0.6 is 0 Å². The molecule has 96 valence electrons. The summed E-state index contributed by atoms with van der Waals surface area (Å²) >= 11 is 0. The molecule has 5 nitrogen and oxygen atoms in total. The molecular weight excluding hydrogens is 226 g/mol. The van der Waals surface area contributed by atoms with Gasteiger partial charge in [0.15, 0.2) is 0 Å². The van der Waals surface area contributed by atoms with Crippen LogP contribution in [0.5, 0.6) is 0 Å². The molecule has 18 heavy (non-hydrogen) atoms. The lowest BCUT2D eigenvalue weighted by Gasteiger charge is -2.13. The van der Waals surface area contributed by atoms with Crippen molar-refractivity contribution >= 4 is 5.82 Å². The molecule has 0 atom stereocenters. The van der Waals surface area contributed by atoms with Gasteiger partial charge in [0.25, 0.3) is 0 Å². The Bertz CT molecular complexity index is 544. The molecule has 2 heterocycles. The monoisotopic (exact) mass is 245 g/mol. The number of aryl methyl sites for hydroxylation is 1. The zero-order valence-corrected chi connectivity index (χ0v) is 11.4. The van der Waals surface area contributed by atoms with E-state index < -0.39 is 0 Å². The Kier molecular flexibility index (Phi) is 3.60. The van der Waals surface area contributed by atoms with Gasteiger partial charge in [-0.15, -0.1) is 0 Å². The second-order valence-corrected chi connectivity index (χ2v) is 4.19. The largest absolute Gasteiger partial charge is 0.370 e. The summed E-state index contributed by atoms with van der Waals surface area (Å²) in [6, 6.07) is 0. The standard InChI is InChI=1S/C13H19N5/c1-5-11-12(14-6-2)15-7-16-13(11)18-8-17-9(3)10(18)4/h7-8H,5-6H2,1-4H3,(H,14,15,16). The van der Waals surface area contributed by atoms with Crippen molar-refractivity contribution in [2.45, 2.75) is 34.1 Å². The normalized spacial score (nSPS) is 10.7. The molecule has 0 aliphatic heterocycles. The first-order valence-electron chi connectivity index (χ1n) is 6.27. The molecule has 5 heteroatoms. The minimum atomic E-state index is 0.853. The first-order chi connectivity index (χ1) is 8.69. The highest BCUT2D eigenvalue weighted by Gasteiger charge is 2.13. The van der Waals surface area contributed by atoms with Crippen LogP contribution in [0.2, 0.25) is 0 Å². The molecule has 0 radical (unpaired) electrons. The maximum absolute atomic E-state index is 4.41. The highest BCUT2D eigenvalue weighted by atomic mass is 15.1. The number of nitrogens with zero attached hydrogens (tertiary/aromatic N) is 4. The van der Waals surface area contributed by atoms with Crippen molar-refractivity contribution in [2.24, 2.45) is 0 Å². The number of anilines is 1. The molecule has 0 fully saturated rings. The zero-order valence-electron chi connectivity index (χ0n) is 11.4. The number of nitrogens with one attached hydrogen (secondary N) is 1. The number of imidazole rings is 1. The molecule has 0 spiro atoms. The zero-order chi connectivity index (χ0) is 13.1. The number of hydrogen-bond acceptors (Lipinski definition) is 4. The predicted octanol–water partition coefficient (Wildman–Crippen LogP) is 2.27. The van der Waals surface area contributed by atoms with Gasteiger partial charge >= 0.3 is 0 Å². The lowest BCUT2D eigenvalue weighted by Crippen LogP contribution is -2.09. The molecule has 2 aromatic rings. The molecule has 2 rings (SSSR count). The van der Waals surface area contributed by atoms with Gasteiger partial charge in [-0.05, 0) is 27.2 Å². The molecule has 0 aliphatic carbocycles. The number of aromatic nitrogens is 4. The van der Waals surface area contributed by atoms with E-state index in [2.05, 4.69) is 41.0 Å². The SMILES string of the molecule is CCNc1ncnc(-n2cnc(C)c2C)c1CC. The average molecular weight is 245 g/mol. The van der Waals surface area contributed by atoms with Gasteiger partial charge in [0.1, 0.15) is 24.3 Å². The van der Waals surface area contributed by atoms with Gasteiger partial charge in [0.2, 0.25) is 0 Å². The van der Waals surface area contributed by atoms with E-state index in [-0.39, 0.29) is 0 Å². The summed E-state index contributed by atoms with van der Waals surface area (Å²) in [5, 5.41) is 3.28. The maximum atomic E-state index is 4.41. The first-order valence-corrected chi connectivity index (χ1v) is 6.27. The molecule has 0 amide bonds. The fourth-order valence-corrected chi connectivity index (χ4v) is 1.97. The molecule has 1 N–H and O–H groups in total. The third kappa shape index (κ3) is 2.08. The van der Waals surface area contributed by atoms with Crippen molar-refractivity contribution in [3.05, 3.63) is 29.6 Å². The van der Waals surface area contributed by atoms with Gasteiger partial charge < -0.3 is 5.32 Å². The van der Waals surface area contributed by atoms with Crippen molar-refractivity contribution in [1.82, 2.24) is 19.5 Å². The summed E-state index contributed by atoms with van der Waals surface area (Å²) in [6.07, 6.45) is 4.30. The topological polar surface area (TPSA) is 55.6 Å². The van der Waals surface area contributed by atoms with Crippen LogP contribution in [-0.2, 0) is 6.42 Å². The number of hydrogen-bond donors (Lipinski definition) is 1. The maximum Gasteiger partial charge on any atom is 0.146 e. The van der Waals surface area contributed by atoms with E-state index >= 15 is 0 Å². The first kappa shape index (κ1) is 12.5. The van der Waals surface area contributed by atoms with E-state index in [1.54, 1.807) is 6.33 Å². The van der Waals surface area contributed by atoms with Crippen LogP contribution < -0.4 is 5.32 Å². The van der Waals surface area contributed by atoms with Crippen LogP contribution in [-0.4, -0.2) is 26.1 Å². The Hall–Kier alpha value is -1.91. The van der Waals surface area contributed by atoms with Gasteiger partial charge in [-0.2, -0.15) is 0 Å². The summed E-state index contributed by atoms with van der Waals surface area (Å²) in [5.41, 5.74) is 3.27. The van der Waals surface area contributed by atoms with E-state index in [0.717, 1.165) is 41.6 Å². The van der Waals surface area contributed by atoms with E-state index in [0.29, 0.717) is 0 Å². The van der Waals surface area contributed by atoms with E-state index in [9.17, 15) is 0 Å². The molecule has 0 aromatic carbocycles. The summed E-state index contributed by atoms with van der Waals surface area (Å²) in [5.74, 6) is 1.83. The molecule has 0 aliphatic rings. The Morgan fingerprint density at radius 3 is 2.50 bits per heavy atom. The lowest BCUT2D eigenvalue weighted by molar-refractivity contribution is 0.894. The molecule has 0 bridgehead atoms.